The van der Waals surface area contributed by atoms with Crippen LogP contribution in [-0.2, 0) is 12.0 Å². The van der Waals surface area contributed by atoms with E-state index in [1.165, 1.54) is 23.3 Å². The summed E-state index contributed by atoms with van der Waals surface area (Å²) in [5, 5.41) is 3.57. The van der Waals surface area contributed by atoms with Gasteiger partial charge in [-0.1, -0.05) is 78.9 Å². The molecular weight excluding hydrogens is 321 g/mol. The summed E-state index contributed by atoms with van der Waals surface area (Å²) in [5.74, 6) is -0.205. The van der Waals surface area contributed by atoms with Crippen LogP contribution in [0.2, 0.25) is 0 Å². The number of hydrogen-bond acceptors (Lipinski definition) is 1. The van der Waals surface area contributed by atoms with Crippen LogP contribution in [0.1, 0.15) is 23.1 Å². The lowest BCUT2D eigenvalue weighted by Gasteiger charge is -2.35. The number of benzene rings is 3. The van der Waals surface area contributed by atoms with Gasteiger partial charge in [-0.3, -0.25) is 0 Å². The molecule has 0 amide bonds. The van der Waals surface area contributed by atoms with Crippen molar-refractivity contribution < 1.29 is 4.39 Å². The minimum atomic E-state index is -0.205. The second-order valence-electron chi connectivity index (χ2n) is 6.54. The van der Waals surface area contributed by atoms with Gasteiger partial charge >= 0.3 is 0 Å². The summed E-state index contributed by atoms with van der Waals surface area (Å²) in [6.45, 7) is 5.46. The van der Waals surface area contributed by atoms with Crippen molar-refractivity contribution in [3.05, 3.63) is 120 Å². The van der Waals surface area contributed by atoms with E-state index in [0.29, 0.717) is 6.54 Å². The number of hydrogen-bond donors (Lipinski definition) is 1. The second kappa shape index (κ2) is 8.59. The molecule has 0 fully saturated rings. The van der Waals surface area contributed by atoms with Crippen molar-refractivity contribution in [2.75, 3.05) is 6.54 Å². The SMILES string of the molecule is C=CCC(CNCc1ccc(F)cc1)(c1ccccc1)c1ccccc1. The van der Waals surface area contributed by atoms with Gasteiger partial charge in [0.1, 0.15) is 5.82 Å². The molecule has 3 rings (SSSR count). The molecule has 132 valence electrons. The van der Waals surface area contributed by atoms with Crippen LogP contribution < -0.4 is 5.32 Å². The zero-order valence-electron chi connectivity index (χ0n) is 14.9. The largest absolute Gasteiger partial charge is 0.311 e. The Hall–Kier alpha value is -2.71. The lowest BCUT2D eigenvalue weighted by Crippen LogP contribution is -2.39. The molecule has 0 unspecified atom stereocenters. The number of nitrogens with one attached hydrogen (secondary N) is 1. The molecule has 0 aliphatic rings. The summed E-state index contributed by atoms with van der Waals surface area (Å²) < 4.78 is 13.1. The third-order valence-electron chi connectivity index (χ3n) is 4.81. The Morgan fingerprint density at radius 3 is 1.85 bits per heavy atom. The van der Waals surface area contributed by atoms with E-state index in [-0.39, 0.29) is 11.2 Å². The van der Waals surface area contributed by atoms with Crippen LogP contribution in [0.15, 0.2) is 97.6 Å². The smallest absolute Gasteiger partial charge is 0.123 e. The summed E-state index contributed by atoms with van der Waals surface area (Å²) >= 11 is 0. The maximum absolute atomic E-state index is 13.1. The fraction of sp³-hybridized carbons (Fsp3) is 0.167. The van der Waals surface area contributed by atoms with Gasteiger partial charge in [0.25, 0.3) is 0 Å². The fourth-order valence-electron chi connectivity index (χ4n) is 3.46. The average molecular weight is 345 g/mol. The Kier molecular flexibility index (Phi) is 5.98. The Morgan fingerprint density at radius 1 is 0.808 bits per heavy atom. The number of halogens is 1. The summed E-state index contributed by atoms with van der Waals surface area (Å²) in [4.78, 5) is 0. The third kappa shape index (κ3) is 4.09. The minimum absolute atomic E-state index is 0.190. The van der Waals surface area contributed by atoms with E-state index in [1.54, 1.807) is 0 Å². The summed E-state index contributed by atoms with van der Waals surface area (Å²) in [5.41, 5.74) is 3.40. The Labute approximate surface area is 155 Å². The molecule has 3 aromatic carbocycles. The maximum atomic E-state index is 13.1. The molecule has 0 saturated heterocycles. The van der Waals surface area contributed by atoms with Gasteiger partial charge in [-0.2, -0.15) is 0 Å². The van der Waals surface area contributed by atoms with Crippen LogP contribution in [0.25, 0.3) is 0 Å². The first-order valence-corrected chi connectivity index (χ1v) is 8.92. The van der Waals surface area contributed by atoms with Gasteiger partial charge < -0.3 is 5.32 Å². The first-order chi connectivity index (χ1) is 12.7. The molecule has 2 heteroatoms. The van der Waals surface area contributed by atoms with E-state index < -0.39 is 0 Å². The second-order valence-corrected chi connectivity index (χ2v) is 6.54. The zero-order chi connectivity index (χ0) is 18.2. The normalized spacial score (nSPS) is 11.3. The van der Waals surface area contributed by atoms with Crippen molar-refractivity contribution >= 4 is 0 Å². The van der Waals surface area contributed by atoms with Crippen LogP contribution >= 0.6 is 0 Å². The van der Waals surface area contributed by atoms with E-state index in [0.717, 1.165) is 18.5 Å². The van der Waals surface area contributed by atoms with Crippen LogP contribution in [0.4, 0.5) is 4.39 Å². The van der Waals surface area contributed by atoms with Crippen LogP contribution in [0.3, 0.4) is 0 Å². The van der Waals surface area contributed by atoms with Gasteiger partial charge in [-0.05, 0) is 35.2 Å². The standard InChI is InChI=1S/C24H24FN/c1-2-17-24(21-9-5-3-6-10-21,22-11-7-4-8-12-22)19-26-18-20-13-15-23(25)16-14-20/h2-16,26H,1,17-19H2. The zero-order valence-corrected chi connectivity index (χ0v) is 14.9. The first kappa shape index (κ1) is 18.1. The van der Waals surface area contributed by atoms with Gasteiger partial charge in [0.15, 0.2) is 0 Å². The van der Waals surface area contributed by atoms with Crippen LogP contribution in [0.5, 0.6) is 0 Å². The lowest BCUT2D eigenvalue weighted by molar-refractivity contribution is 0.467. The quantitative estimate of drug-likeness (QED) is 0.533. The molecule has 0 atom stereocenters. The van der Waals surface area contributed by atoms with Gasteiger partial charge in [0.05, 0.1) is 0 Å². The van der Waals surface area contributed by atoms with Gasteiger partial charge in [-0.25, -0.2) is 4.39 Å². The van der Waals surface area contributed by atoms with Crippen molar-refractivity contribution in [2.24, 2.45) is 0 Å². The predicted molar refractivity (Wildman–Crippen MR) is 107 cm³/mol. The van der Waals surface area contributed by atoms with Crippen LogP contribution in [0, 0.1) is 5.82 Å². The van der Waals surface area contributed by atoms with Crippen molar-refractivity contribution in [3.63, 3.8) is 0 Å². The van der Waals surface area contributed by atoms with E-state index in [4.69, 9.17) is 0 Å². The Morgan fingerprint density at radius 2 is 1.35 bits per heavy atom. The molecular formula is C24H24FN. The minimum Gasteiger partial charge on any atom is -0.311 e. The summed E-state index contributed by atoms with van der Waals surface area (Å²) in [7, 11) is 0. The van der Waals surface area contributed by atoms with E-state index in [1.807, 2.05) is 30.3 Å². The summed E-state index contributed by atoms with van der Waals surface area (Å²) in [6.07, 6.45) is 2.82. The molecule has 0 aliphatic carbocycles. The van der Waals surface area contributed by atoms with E-state index in [9.17, 15) is 4.39 Å². The molecule has 0 bridgehead atoms. The topological polar surface area (TPSA) is 12.0 Å². The molecule has 0 heterocycles. The molecule has 3 aromatic rings. The monoisotopic (exact) mass is 345 g/mol. The van der Waals surface area contributed by atoms with Gasteiger partial charge in [0, 0.05) is 18.5 Å². The van der Waals surface area contributed by atoms with Crippen molar-refractivity contribution in [2.45, 2.75) is 18.4 Å². The van der Waals surface area contributed by atoms with Crippen molar-refractivity contribution in [3.8, 4) is 0 Å². The molecule has 1 nitrogen and oxygen atoms in total. The van der Waals surface area contributed by atoms with E-state index in [2.05, 4.69) is 60.4 Å². The first-order valence-electron chi connectivity index (χ1n) is 8.92. The Balaban J connectivity index is 1.89. The maximum Gasteiger partial charge on any atom is 0.123 e. The predicted octanol–water partition coefficient (Wildman–Crippen LogP) is 5.48. The van der Waals surface area contributed by atoms with Gasteiger partial charge in [0.2, 0.25) is 0 Å². The molecule has 0 aliphatic heterocycles. The highest BCUT2D eigenvalue weighted by Crippen LogP contribution is 2.35. The van der Waals surface area contributed by atoms with Crippen molar-refractivity contribution in [1.29, 1.82) is 0 Å². The highest BCUT2D eigenvalue weighted by Gasteiger charge is 2.32. The summed E-state index contributed by atoms with van der Waals surface area (Å²) in [6, 6.07) is 27.8. The fourth-order valence-corrected chi connectivity index (χ4v) is 3.46. The van der Waals surface area contributed by atoms with Crippen LogP contribution in [-0.4, -0.2) is 6.54 Å². The average Bonchev–Trinajstić information content (AvgIpc) is 2.70. The Bertz CT molecular complexity index is 770. The number of allylic oxidation sites excluding steroid dienone is 1. The van der Waals surface area contributed by atoms with E-state index >= 15 is 0 Å². The molecule has 0 spiro atoms. The van der Waals surface area contributed by atoms with Gasteiger partial charge in [-0.15, -0.1) is 6.58 Å². The molecule has 0 aromatic heterocycles. The lowest BCUT2D eigenvalue weighted by atomic mass is 9.72. The van der Waals surface area contributed by atoms with Crippen molar-refractivity contribution in [1.82, 2.24) is 5.32 Å². The highest BCUT2D eigenvalue weighted by molar-refractivity contribution is 5.41. The molecule has 0 saturated carbocycles. The number of rotatable bonds is 8. The third-order valence-corrected chi connectivity index (χ3v) is 4.81. The molecule has 26 heavy (non-hydrogen) atoms. The highest BCUT2D eigenvalue weighted by atomic mass is 19.1. The molecule has 0 radical (unpaired) electrons. The molecule has 1 N–H and O–H groups in total.